The number of aromatic nitrogens is 1. The van der Waals surface area contributed by atoms with Gasteiger partial charge in [-0.2, -0.15) is 0 Å². The van der Waals surface area contributed by atoms with Gasteiger partial charge in [-0.3, -0.25) is 0 Å². The van der Waals surface area contributed by atoms with E-state index in [2.05, 4.69) is 48.5 Å². The second-order valence-electron chi connectivity index (χ2n) is 6.60. The molecule has 3 heteroatoms. The molecule has 0 aliphatic heterocycles. The lowest BCUT2D eigenvalue weighted by Gasteiger charge is -2.31. The quantitative estimate of drug-likeness (QED) is 0.767. The van der Waals surface area contributed by atoms with Gasteiger partial charge in [-0.1, -0.05) is 32.8 Å². The number of pyridine rings is 1. The zero-order chi connectivity index (χ0) is 14.4. The van der Waals surface area contributed by atoms with Gasteiger partial charge in [-0.15, -0.1) is 0 Å². The highest BCUT2D eigenvalue weighted by Gasteiger charge is 2.34. The minimum Gasteiger partial charge on any atom is -0.370 e. The minimum absolute atomic E-state index is 0.490. The summed E-state index contributed by atoms with van der Waals surface area (Å²) in [4.78, 5) is 4.61. The Morgan fingerprint density at radius 3 is 2.40 bits per heavy atom. The lowest BCUT2D eigenvalue weighted by molar-refractivity contribution is 0.252. The van der Waals surface area contributed by atoms with Crippen LogP contribution in [0.1, 0.15) is 52.9 Å². The van der Waals surface area contributed by atoms with Crippen LogP contribution in [0.25, 0.3) is 0 Å². The summed E-state index contributed by atoms with van der Waals surface area (Å²) >= 11 is 0. The van der Waals surface area contributed by atoms with Crippen molar-refractivity contribution in [2.24, 2.45) is 11.3 Å². The van der Waals surface area contributed by atoms with Crippen molar-refractivity contribution in [1.29, 1.82) is 0 Å². The van der Waals surface area contributed by atoms with Crippen LogP contribution in [0.2, 0.25) is 0 Å². The number of hydrogen-bond donors (Lipinski definition) is 2. The van der Waals surface area contributed by atoms with Crippen molar-refractivity contribution in [3.8, 4) is 0 Å². The smallest absolute Gasteiger partial charge is 0.128 e. The molecule has 0 aromatic carbocycles. The molecular weight excluding hydrogens is 246 g/mol. The molecule has 0 amide bonds. The van der Waals surface area contributed by atoms with Crippen molar-refractivity contribution in [3.63, 3.8) is 0 Å². The molecule has 1 heterocycles. The van der Waals surface area contributed by atoms with Crippen LogP contribution >= 0.6 is 0 Å². The van der Waals surface area contributed by atoms with Crippen molar-refractivity contribution in [2.75, 3.05) is 23.7 Å². The average molecular weight is 275 g/mol. The second kappa shape index (κ2) is 6.96. The maximum absolute atomic E-state index is 4.61. The monoisotopic (exact) mass is 275 g/mol. The van der Waals surface area contributed by atoms with Crippen molar-refractivity contribution in [2.45, 2.75) is 52.9 Å². The third kappa shape index (κ3) is 4.12. The van der Waals surface area contributed by atoms with Crippen molar-refractivity contribution in [3.05, 3.63) is 18.2 Å². The van der Waals surface area contributed by atoms with E-state index in [-0.39, 0.29) is 0 Å². The Kier molecular flexibility index (Phi) is 5.27. The largest absolute Gasteiger partial charge is 0.370 e. The summed E-state index contributed by atoms with van der Waals surface area (Å²) in [6, 6.07) is 6.16. The first-order valence-corrected chi connectivity index (χ1v) is 8.08. The number of hydrogen-bond acceptors (Lipinski definition) is 3. The van der Waals surface area contributed by atoms with Gasteiger partial charge in [0.2, 0.25) is 0 Å². The fourth-order valence-electron chi connectivity index (χ4n) is 3.53. The zero-order valence-electron chi connectivity index (χ0n) is 13.2. The summed E-state index contributed by atoms with van der Waals surface area (Å²) in [7, 11) is 0. The summed E-state index contributed by atoms with van der Waals surface area (Å²) < 4.78 is 0. The molecule has 1 aromatic rings. The number of rotatable bonds is 7. The molecule has 0 saturated heterocycles. The van der Waals surface area contributed by atoms with Gasteiger partial charge in [-0.05, 0) is 49.7 Å². The van der Waals surface area contributed by atoms with E-state index < -0.39 is 0 Å². The molecule has 0 radical (unpaired) electrons. The molecule has 1 aromatic heterocycles. The molecule has 2 N–H and O–H groups in total. The van der Waals surface area contributed by atoms with E-state index >= 15 is 0 Å². The Bertz CT molecular complexity index is 408. The van der Waals surface area contributed by atoms with Gasteiger partial charge < -0.3 is 10.6 Å². The Labute approximate surface area is 123 Å². The Balaban J connectivity index is 1.97. The van der Waals surface area contributed by atoms with Crippen LogP contribution in [0.4, 0.5) is 11.6 Å². The van der Waals surface area contributed by atoms with Gasteiger partial charge >= 0.3 is 0 Å². The predicted octanol–water partition coefficient (Wildman–Crippen LogP) is 4.53. The summed E-state index contributed by atoms with van der Waals surface area (Å²) in [5.74, 6) is 2.73. The van der Waals surface area contributed by atoms with Gasteiger partial charge in [0, 0.05) is 13.1 Å². The molecule has 1 aliphatic carbocycles. The molecule has 1 fully saturated rings. The van der Waals surface area contributed by atoms with E-state index in [1.54, 1.807) is 0 Å². The second-order valence-corrected chi connectivity index (χ2v) is 6.60. The minimum atomic E-state index is 0.490. The normalized spacial score (nSPS) is 17.4. The van der Waals surface area contributed by atoms with E-state index in [0.717, 1.165) is 30.6 Å². The number of anilines is 2. The van der Waals surface area contributed by atoms with Crippen LogP contribution in [0, 0.1) is 11.3 Å². The summed E-state index contributed by atoms with van der Waals surface area (Å²) in [5.41, 5.74) is 0.490. The number of nitrogens with zero attached hydrogens (tertiary/aromatic N) is 1. The highest BCUT2D eigenvalue weighted by molar-refractivity contribution is 5.45. The zero-order valence-corrected chi connectivity index (χ0v) is 13.2. The van der Waals surface area contributed by atoms with Crippen molar-refractivity contribution in [1.82, 2.24) is 4.98 Å². The fourth-order valence-corrected chi connectivity index (χ4v) is 3.53. The van der Waals surface area contributed by atoms with E-state index in [9.17, 15) is 0 Å². The average Bonchev–Trinajstić information content (AvgIpc) is 2.85. The van der Waals surface area contributed by atoms with Crippen LogP contribution in [0.5, 0.6) is 0 Å². The molecule has 1 saturated carbocycles. The molecule has 112 valence electrons. The van der Waals surface area contributed by atoms with Gasteiger partial charge in [0.1, 0.15) is 11.6 Å². The summed E-state index contributed by atoms with van der Waals surface area (Å²) in [5, 5.41) is 6.85. The Morgan fingerprint density at radius 1 is 1.15 bits per heavy atom. The lowest BCUT2D eigenvalue weighted by atomic mass is 9.78. The predicted molar refractivity (Wildman–Crippen MR) is 87.2 cm³/mol. The maximum atomic E-state index is 4.61. The standard InChI is InChI=1S/C17H29N3/c1-4-18-15-8-7-9-16(20-15)19-13-17(12-14(2)3)10-5-6-11-17/h7-9,14H,4-6,10-13H2,1-3H3,(H2,18,19,20). The van der Waals surface area contributed by atoms with Crippen LogP contribution in [-0.2, 0) is 0 Å². The first kappa shape index (κ1) is 15.1. The third-order valence-corrected chi connectivity index (χ3v) is 4.26. The van der Waals surface area contributed by atoms with Crippen molar-refractivity contribution < 1.29 is 0 Å². The Morgan fingerprint density at radius 2 is 1.80 bits per heavy atom. The van der Waals surface area contributed by atoms with Crippen molar-refractivity contribution >= 4 is 11.6 Å². The van der Waals surface area contributed by atoms with Gasteiger partial charge in [0.25, 0.3) is 0 Å². The van der Waals surface area contributed by atoms with Crippen LogP contribution in [0.15, 0.2) is 18.2 Å². The molecule has 2 rings (SSSR count). The van der Waals surface area contributed by atoms with Gasteiger partial charge in [0.15, 0.2) is 0 Å². The van der Waals surface area contributed by atoms with E-state index in [0.29, 0.717) is 5.41 Å². The first-order chi connectivity index (χ1) is 9.63. The van der Waals surface area contributed by atoms with E-state index in [4.69, 9.17) is 0 Å². The topological polar surface area (TPSA) is 37.0 Å². The number of nitrogens with one attached hydrogen (secondary N) is 2. The fraction of sp³-hybridized carbons (Fsp3) is 0.706. The highest BCUT2D eigenvalue weighted by atomic mass is 15.1. The molecule has 3 nitrogen and oxygen atoms in total. The van der Waals surface area contributed by atoms with E-state index in [1.807, 2.05) is 6.07 Å². The first-order valence-electron chi connectivity index (χ1n) is 8.08. The molecule has 0 spiro atoms. The molecular formula is C17H29N3. The third-order valence-electron chi connectivity index (χ3n) is 4.26. The van der Waals surface area contributed by atoms with E-state index in [1.165, 1.54) is 32.1 Å². The molecule has 1 aliphatic rings. The summed E-state index contributed by atoms with van der Waals surface area (Å²) in [6.45, 7) is 8.74. The summed E-state index contributed by atoms with van der Waals surface area (Å²) in [6.07, 6.45) is 6.83. The molecule has 0 bridgehead atoms. The lowest BCUT2D eigenvalue weighted by Crippen LogP contribution is -2.28. The maximum Gasteiger partial charge on any atom is 0.128 e. The van der Waals surface area contributed by atoms with Gasteiger partial charge in [-0.25, -0.2) is 4.98 Å². The molecule has 0 atom stereocenters. The molecule has 20 heavy (non-hydrogen) atoms. The Hall–Kier alpha value is -1.25. The SMILES string of the molecule is CCNc1cccc(NCC2(CC(C)C)CCCC2)n1. The molecule has 0 unspecified atom stereocenters. The van der Waals surface area contributed by atoms with Crippen LogP contribution in [0.3, 0.4) is 0 Å². The van der Waals surface area contributed by atoms with Gasteiger partial charge in [0.05, 0.1) is 0 Å². The highest BCUT2D eigenvalue weighted by Crippen LogP contribution is 2.43. The van der Waals surface area contributed by atoms with Crippen LogP contribution in [-0.4, -0.2) is 18.1 Å². The van der Waals surface area contributed by atoms with Crippen LogP contribution < -0.4 is 10.6 Å².